The van der Waals surface area contributed by atoms with E-state index in [9.17, 15) is 10.2 Å². The quantitative estimate of drug-likeness (QED) is 0.687. The number of aliphatic hydroxyl groups excluding tert-OH is 2. The van der Waals surface area contributed by atoms with Gasteiger partial charge in [-0.25, -0.2) is 0 Å². The maximum Gasteiger partial charge on any atom is 0.0726 e. The van der Waals surface area contributed by atoms with Crippen LogP contribution in [0.3, 0.4) is 0 Å². The number of fused-ring (bicyclic) bond motifs is 1. The first kappa shape index (κ1) is 12.8. The molecule has 0 unspecified atom stereocenters. The molecule has 5 atom stereocenters. The van der Waals surface area contributed by atoms with Gasteiger partial charge in [0.1, 0.15) is 0 Å². The topological polar surface area (TPSA) is 40.5 Å². The third kappa shape index (κ3) is 2.09. The molecule has 96 valence electrons. The summed E-state index contributed by atoms with van der Waals surface area (Å²) in [6, 6.07) is 0. The van der Waals surface area contributed by atoms with Gasteiger partial charge in [0.25, 0.3) is 0 Å². The smallest absolute Gasteiger partial charge is 0.0726 e. The Labute approximate surface area is 104 Å². The van der Waals surface area contributed by atoms with E-state index in [1.165, 1.54) is 5.57 Å². The fourth-order valence-corrected chi connectivity index (χ4v) is 3.53. The molecule has 2 aliphatic rings. The van der Waals surface area contributed by atoms with Gasteiger partial charge in [0.05, 0.1) is 12.2 Å². The maximum atomic E-state index is 10.2. The lowest BCUT2D eigenvalue weighted by atomic mass is 9.56. The zero-order chi connectivity index (χ0) is 12.8. The summed E-state index contributed by atoms with van der Waals surface area (Å²) >= 11 is 0. The highest BCUT2D eigenvalue weighted by atomic mass is 16.3. The monoisotopic (exact) mass is 236 g/mol. The Bertz CT molecular complexity index is 358. The second-order valence-electron chi connectivity index (χ2n) is 6.24. The first-order valence-corrected chi connectivity index (χ1v) is 6.57. The van der Waals surface area contributed by atoms with Gasteiger partial charge >= 0.3 is 0 Å². The van der Waals surface area contributed by atoms with Crippen molar-refractivity contribution in [1.82, 2.24) is 0 Å². The Morgan fingerprint density at radius 2 is 2.12 bits per heavy atom. The van der Waals surface area contributed by atoms with Gasteiger partial charge in [0.15, 0.2) is 0 Å². The molecule has 2 nitrogen and oxygen atoms in total. The van der Waals surface area contributed by atoms with Gasteiger partial charge in [0, 0.05) is 5.92 Å². The Morgan fingerprint density at radius 3 is 2.71 bits per heavy atom. The lowest BCUT2D eigenvalue weighted by molar-refractivity contribution is 0.0244. The lowest BCUT2D eigenvalue weighted by Gasteiger charge is -2.50. The van der Waals surface area contributed by atoms with E-state index in [2.05, 4.69) is 20.4 Å². The van der Waals surface area contributed by atoms with Crippen LogP contribution in [0.25, 0.3) is 0 Å². The van der Waals surface area contributed by atoms with Gasteiger partial charge in [0.2, 0.25) is 0 Å². The molecule has 0 heterocycles. The predicted molar refractivity (Wildman–Crippen MR) is 69.5 cm³/mol. The van der Waals surface area contributed by atoms with Crippen molar-refractivity contribution in [2.75, 3.05) is 0 Å². The standard InChI is InChI=1S/C15H24O2/c1-9(2)13-8-15(4)10(3)5-12(16)6-11(15)7-14(13)17/h6,10,12-14,16-17H,1,5,7-8H2,2-4H3/t10-,12+,13-,14+,15+/m0/s1. The summed E-state index contributed by atoms with van der Waals surface area (Å²) in [5.41, 5.74) is 2.45. The predicted octanol–water partition coefficient (Wildman–Crippen LogP) is 2.67. The van der Waals surface area contributed by atoms with E-state index in [1.54, 1.807) is 0 Å². The van der Waals surface area contributed by atoms with Gasteiger partial charge in [-0.1, -0.05) is 37.6 Å². The molecular weight excluding hydrogens is 212 g/mol. The number of rotatable bonds is 1. The minimum absolute atomic E-state index is 0.127. The van der Waals surface area contributed by atoms with Gasteiger partial charge in [-0.05, 0) is 37.5 Å². The van der Waals surface area contributed by atoms with Crippen LogP contribution >= 0.6 is 0 Å². The average Bonchev–Trinajstić information content (AvgIpc) is 2.20. The SMILES string of the molecule is C=C(C)[C@@H]1C[C@@]2(C)C(=C[C@H](O)C[C@@H]2C)C[C@H]1O. The Hall–Kier alpha value is -0.600. The molecule has 0 aromatic carbocycles. The molecule has 2 aliphatic carbocycles. The highest BCUT2D eigenvalue weighted by molar-refractivity contribution is 5.26. The molecule has 0 saturated heterocycles. The van der Waals surface area contributed by atoms with Crippen molar-refractivity contribution in [3.63, 3.8) is 0 Å². The van der Waals surface area contributed by atoms with Gasteiger partial charge in [-0.3, -0.25) is 0 Å². The zero-order valence-corrected chi connectivity index (χ0v) is 11.1. The molecule has 17 heavy (non-hydrogen) atoms. The van der Waals surface area contributed by atoms with Crippen molar-refractivity contribution in [1.29, 1.82) is 0 Å². The Morgan fingerprint density at radius 1 is 1.47 bits per heavy atom. The van der Waals surface area contributed by atoms with Gasteiger partial charge in [-0.15, -0.1) is 0 Å². The summed E-state index contributed by atoms with van der Waals surface area (Å²) in [5, 5.41) is 20.0. The van der Waals surface area contributed by atoms with Crippen LogP contribution in [0.5, 0.6) is 0 Å². The summed E-state index contributed by atoms with van der Waals surface area (Å²) in [7, 11) is 0. The van der Waals surface area contributed by atoms with E-state index in [4.69, 9.17) is 0 Å². The highest BCUT2D eigenvalue weighted by Crippen LogP contribution is 2.53. The van der Waals surface area contributed by atoms with Crippen molar-refractivity contribution in [3.8, 4) is 0 Å². The summed E-state index contributed by atoms with van der Waals surface area (Å²) in [6.45, 7) is 10.5. The molecule has 0 radical (unpaired) electrons. The van der Waals surface area contributed by atoms with Crippen LogP contribution in [0.1, 0.15) is 40.0 Å². The van der Waals surface area contributed by atoms with Crippen molar-refractivity contribution < 1.29 is 10.2 Å². The van der Waals surface area contributed by atoms with Crippen LogP contribution in [0.2, 0.25) is 0 Å². The normalized spacial score (nSPS) is 46.1. The van der Waals surface area contributed by atoms with E-state index >= 15 is 0 Å². The van der Waals surface area contributed by atoms with Crippen LogP contribution in [0, 0.1) is 17.3 Å². The molecule has 2 heteroatoms. The van der Waals surface area contributed by atoms with E-state index in [0.29, 0.717) is 12.3 Å². The van der Waals surface area contributed by atoms with E-state index in [0.717, 1.165) is 18.4 Å². The molecule has 1 saturated carbocycles. The maximum absolute atomic E-state index is 10.2. The molecule has 0 bridgehead atoms. The van der Waals surface area contributed by atoms with Crippen LogP contribution in [0.15, 0.2) is 23.8 Å². The minimum atomic E-state index is -0.332. The largest absolute Gasteiger partial charge is 0.392 e. The summed E-state index contributed by atoms with van der Waals surface area (Å²) in [4.78, 5) is 0. The number of aliphatic hydroxyl groups is 2. The summed E-state index contributed by atoms with van der Waals surface area (Å²) in [5.74, 6) is 0.668. The van der Waals surface area contributed by atoms with E-state index < -0.39 is 0 Å². The Balaban J connectivity index is 2.33. The van der Waals surface area contributed by atoms with Crippen LogP contribution in [-0.2, 0) is 0 Å². The molecule has 1 fully saturated rings. The second-order valence-corrected chi connectivity index (χ2v) is 6.24. The van der Waals surface area contributed by atoms with Crippen molar-refractivity contribution in [3.05, 3.63) is 23.8 Å². The van der Waals surface area contributed by atoms with Crippen LogP contribution in [0.4, 0.5) is 0 Å². The lowest BCUT2D eigenvalue weighted by Crippen LogP contribution is -2.44. The fraction of sp³-hybridized carbons (Fsp3) is 0.733. The average molecular weight is 236 g/mol. The first-order chi connectivity index (χ1) is 7.84. The van der Waals surface area contributed by atoms with E-state index in [-0.39, 0.29) is 23.5 Å². The van der Waals surface area contributed by atoms with Crippen LogP contribution < -0.4 is 0 Å². The fourth-order valence-electron chi connectivity index (χ4n) is 3.53. The number of hydrogen-bond acceptors (Lipinski definition) is 2. The third-order valence-electron chi connectivity index (χ3n) is 4.98. The molecule has 0 aromatic heterocycles. The van der Waals surface area contributed by atoms with Crippen molar-refractivity contribution >= 4 is 0 Å². The molecule has 2 N–H and O–H groups in total. The van der Waals surface area contributed by atoms with Gasteiger partial charge < -0.3 is 10.2 Å². The molecule has 0 aromatic rings. The Kier molecular flexibility index (Phi) is 3.21. The molecule has 2 rings (SSSR count). The highest BCUT2D eigenvalue weighted by Gasteiger charge is 2.46. The minimum Gasteiger partial charge on any atom is -0.392 e. The number of hydrogen-bond donors (Lipinski definition) is 2. The third-order valence-corrected chi connectivity index (χ3v) is 4.98. The zero-order valence-electron chi connectivity index (χ0n) is 11.1. The molecule has 0 amide bonds. The summed E-state index contributed by atoms with van der Waals surface area (Å²) < 4.78 is 0. The molecular formula is C15H24O2. The van der Waals surface area contributed by atoms with Gasteiger partial charge in [-0.2, -0.15) is 0 Å². The summed E-state index contributed by atoms with van der Waals surface area (Å²) in [6.07, 6.45) is 3.79. The molecule has 0 aliphatic heterocycles. The second kappa shape index (κ2) is 4.25. The van der Waals surface area contributed by atoms with E-state index in [1.807, 2.05) is 13.0 Å². The first-order valence-electron chi connectivity index (χ1n) is 6.57. The van der Waals surface area contributed by atoms with Crippen LogP contribution in [-0.4, -0.2) is 22.4 Å². The van der Waals surface area contributed by atoms with Crippen molar-refractivity contribution in [2.45, 2.75) is 52.2 Å². The van der Waals surface area contributed by atoms with Crippen molar-refractivity contribution in [2.24, 2.45) is 17.3 Å². The molecule has 0 spiro atoms.